The Morgan fingerprint density at radius 3 is 2.57 bits per heavy atom. The molecule has 1 aliphatic heterocycles. The fraction of sp³-hybridized carbons (Fsp3) is 0.333. The molecule has 7 heteroatoms. The Balaban J connectivity index is 0.00000280. The molecule has 0 aliphatic carbocycles. The summed E-state index contributed by atoms with van der Waals surface area (Å²) >= 11 is 0. The fourth-order valence-electron chi connectivity index (χ4n) is 3.09. The zero-order chi connectivity index (χ0) is 19.2. The highest BCUT2D eigenvalue weighted by molar-refractivity contribution is 5.86. The van der Waals surface area contributed by atoms with E-state index >= 15 is 0 Å². The Hall–Kier alpha value is -2.57. The number of amides is 2. The minimum absolute atomic E-state index is 0. The van der Waals surface area contributed by atoms with Crippen molar-refractivity contribution in [3.8, 4) is 5.75 Å². The third-order valence-corrected chi connectivity index (χ3v) is 4.65. The van der Waals surface area contributed by atoms with E-state index in [1.54, 1.807) is 4.90 Å². The van der Waals surface area contributed by atoms with Crippen LogP contribution in [-0.2, 0) is 9.59 Å². The maximum atomic E-state index is 12.4. The lowest BCUT2D eigenvalue weighted by Gasteiger charge is -2.19. The van der Waals surface area contributed by atoms with Crippen LogP contribution in [0.1, 0.15) is 23.6 Å². The van der Waals surface area contributed by atoms with E-state index in [0.29, 0.717) is 19.7 Å². The summed E-state index contributed by atoms with van der Waals surface area (Å²) < 4.78 is 5.64. The first-order chi connectivity index (χ1) is 13.0. The first kappa shape index (κ1) is 21.7. The van der Waals surface area contributed by atoms with Crippen LogP contribution in [0, 0.1) is 6.92 Å². The number of carbonyl (C=O) groups is 2. The van der Waals surface area contributed by atoms with Gasteiger partial charge in [-0.3, -0.25) is 9.59 Å². The Labute approximate surface area is 171 Å². The molecule has 2 aromatic carbocycles. The van der Waals surface area contributed by atoms with E-state index in [2.05, 4.69) is 5.32 Å². The first-order valence-electron chi connectivity index (χ1n) is 9.11. The lowest BCUT2D eigenvalue weighted by molar-refractivity contribution is -0.128. The number of ether oxygens (including phenoxy) is 1. The summed E-state index contributed by atoms with van der Waals surface area (Å²) in [7, 11) is 0. The third kappa shape index (κ3) is 5.71. The number of nitrogens with one attached hydrogen (secondary N) is 1. The SMILES string of the molecule is Cc1ccc(C(N)C(=O)NC2CC(=O)N(CCOc3ccccc3)C2)cc1.Cl. The van der Waals surface area contributed by atoms with Crippen molar-refractivity contribution in [1.82, 2.24) is 10.2 Å². The lowest BCUT2D eigenvalue weighted by atomic mass is 10.0. The zero-order valence-corrected chi connectivity index (χ0v) is 16.7. The van der Waals surface area contributed by atoms with Gasteiger partial charge in [-0.2, -0.15) is 0 Å². The molecule has 0 aromatic heterocycles. The number of halogens is 1. The highest BCUT2D eigenvalue weighted by Gasteiger charge is 2.31. The molecule has 1 saturated heterocycles. The number of para-hydroxylation sites is 1. The molecule has 2 atom stereocenters. The second-order valence-electron chi connectivity index (χ2n) is 6.80. The van der Waals surface area contributed by atoms with Crippen molar-refractivity contribution in [3.05, 3.63) is 65.7 Å². The van der Waals surface area contributed by atoms with Gasteiger partial charge >= 0.3 is 0 Å². The number of likely N-dealkylation sites (tertiary alicyclic amines) is 1. The summed E-state index contributed by atoms with van der Waals surface area (Å²) in [6.07, 6.45) is 0.289. The molecule has 6 nitrogen and oxygen atoms in total. The Morgan fingerprint density at radius 2 is 1.89 bits per heavy atom. The van der Waals surface area contributed by atoms with Gasteiger partial charge in [0.1, 0.15) is 18.4 Å². The van der Waals surface area contributed by atoms with Crippen molar-refractivity contribution in [2.24, 2.45) is 5.73 Å². The fourth-order valence-corrected chi connectivity index (χ4v) is 3.09. The molecule has 2 unspecified atom stereocenters. The lowest BCUT2D eigenvalue weighted by Crippen LogP contribution is -2.42. The van der Waals surface area contributed by atoms with Gasteiger partial charge in [-0.05, 0) is 24.6 Å². The molecule has 1 heterocycles. The Morgan fingerprint density at radius 1 is 1.21 bits per heavy atom. The van der Waals surface area contributed by atoms with Crippen molar-refractivity contribution in [1.29, 1.82) is 0 Å². The number of rotatable bonds is 7. The minimum Gasteiger partial charge on any atom is -0.492 e. The number of carbonyl (C=O) groups excluding carboxylic acids is 2. The van der Waals surface area contributed by atoms with Crippen molar-refractivity contribution in [2.45, 2.75) is 25.4 Å². The van der Waals surface area contributed by atoms with Gasteiger partial charge in [0.2, 0.25) is 11.8 Å². The minimum atomic E-state index is -0.740. The van der Waals surface area contributed by atoms with Gasteiger partial charge in [0, 0.05) is 13.0 Å². The van der Waals surface area contributed by atoms with Gasteiger partial charge in [-0.25, -0.2) is 0 Å². The smallest absolute Gasteiger partial charge is 0.241 e. The number of aryl methyl sites for hydroxylation is 1. The van der Waals surface area contributed by atoms with Crippen molar-refractivity contribution in [3.63, 3.8) is 0 Å². The quantitative estimate of drug-likeness (QED) is 0.742. The van der Waals surface area contributed by atoms with Crippen LogP contribution in [0.5, 0.6) is 5.75 Å². The van der Waals surface area contributed by atoms with Crippen molar-refractivity contribution >= 4 is 24.2 Å². The number of hydrogen-bond acceptors (Lipinski definition) is 4. The number of benzene rings is 2. The van der Waals surface area contributed by atoms with Crippen LogP contribution in [0.15, 0.2) is 54.6 Å². The van der Waals surface area contributed by atoms with Gasteiger partial charge in [0.15, 0.2) is 0 Å². The van der Waals surface area contributed by atoms with Crippen LogP contribution in [0.2, 0.25) is 0 Å². The molecule has 1 fully saturated rings. The van der Waals surface area contributed by atoms with Crippen LogP contribution in [-0.4, -0.2) is 42.5 Å². The summed E-state index contributed by atoms with van der Waals surface area (Å²) in [5.74, 6) is 0.526. The molecule has 150 valence electrons. The molecule has 3 rings (SSSR count). The molecule has 2 aromatic rings. The molecule has 0 bridgehead atoms. The van der Waals surface area contributed by atoms with Gasteiger partial charge < -0.3 is 20.7 Å². The van der Waals surface area contributed by atoms with Gasteiger partial charge in [0.05, 0.1) is 12.6 Å². The second kappa shape index (κ2) is 10.1. The van der Waals surface area contributed by atoms with E-state index in [4.69, 9.17) is 10.5 Å². The van der Waals surface area contributed by atoms with Gasteiger partial charge in [0.25, 0.3) is 0 Å². The largest absolute Gasteiger partial charge is 0.492 e. The maximum Gasteiger partial charge on any atom is 0.241 e. The summed E-state index contributed by atoms with van der Waals surface area (Å²) in [6.45, 7) is 3.36. The molecule has 1 aliphatic rings. The predicted molar refractivity (Wildman–Crippen MR) is 110 cm³/mol. The van der Waals surface area contributed by atoms with Crippen LogP contribution >= 0.6 is 12.4 Å². The number of nitrogens with two attached hydrogens (primary N) is 1. The first-order valence-corrected chi connectivity index (χ1v) is 9.11. The van der Waals surface area contributed by atoms with Gasteiger partial charge in [-0.15, -0.1) is 12.4 Å². The van der Waals surface area contributed by atoms with E-state index in [9.17, 15) is 9.59 Å². The van der Waals surface area contributed by atoms with Crippen LogP contribution < -0.4 is 15.8 Å². The van der Waals surface area contributed by atoms with Crippen LogP contribution in [0.4, 0.5) is 0 Å². The van der Waals surface area contributed by atoms with Crippen LogP contribution in [0.25, 0.3) is 0 Å². The highest BCUT2D eigenvalue weighted by atomic mass is 35.5. The maximum absolute atomic E-state index is 12.4. The standard InChI is InChI=1S/C21H25N3O3.ClH/c1-15-7-9-16(10-8-15)20(22)21(26)23-17-13-19(25)24(14-17)11-12-27-18-5-3-2-4-6-18;/h2-10,17,20H,11-14,22H2,1H3,(H,23,26);1H. The number of nitrogens with zero attached hydrogens (tertiary/aromatic N) is 1. The topological polar surface area (TPSA) is 84.7 Å². The Bertz CT molecular complexity index is 783. The highest BCUT2D eigenvalue weighted by Crippen LogP contribution is 2.15. The van der Waals surface area contributed by atoms with E-state index in [0.717, 1.165) is 16.9 Å². The second-order valence-corrected chi connectivity index (χ2v) is 6.80. The monoisotopic (exact) mass is 403 g/mol. The molecular weight excluding hydrogens is 378 g/mol. The molecule has 28 heavy (non-hydrogen) atoms. The molecule has 0 radical (unpaired) electrons. The molecule has 2 amide bonds. The van der Waals surface area contributed by atoms with Crippen LogP contribution in [0.3, 0.4) is 0 Å². The Kier molecular flexibility index (Phi) is 7.84. The predicted octanol–water partition coefficient (Wildman–Crippen LogP) is 2.21. The van der Waals surface area contributed by atoms with Crippen molar-refractivity contribution in [2.75, 3.05) is 19.7 Å². The summed E-state index contributed by atoms with van der Waals surface area (Å²) in [6, 6.07) is 16.1. The van der Waals surface area contributed by atoms with E-state index in [-0.39, 0.29) is 36.7 Å². The van der Waals surface area contributed by atoms with E-state index in [1.807, 2.05) is 61.5 Å². The summed E-state index contributed by atoms with van der Waals surface area (Å²) in [4.78, 5) is 26.3. The zero-order valence-electron chi connectivity index (χ0n) is 15.8. The van der Waals surface area contributed by atoms with E-state index < -0.39 is 6.04 Å². The molecule has 3 N–H and O–H groups in total. The summed E-state index contributed by atoms with van der Waals surface area (Å²) in [5, 5.41) is 2.89. The van der Waals surface area contributed by atoms with Gasteiger partial charge in [-0.1, -0.05) is 48.0 Å². The third-order valence-electron chi connectivity index (χ3n) is 4.65. The van der Waals surface area contributed by atoms with Crippen molar-refractivity contribution < 1.29 is 14.3 Å². The summed E-state index contributed by atoms with van der Waals surface area (Å²) in [5.41, 5.74) is 7.92. The average molecular weight is 404 g/mol. The van der Waals surface area contributed by atoms with E-state index in [1.165, 1.54) is 0 Å². The number of hydrogen-bond donors (Lipinski definition) is 2. The average Bonchev–Trinajstić information content (AvgIpc) is 3.01. The molecule has 0 spiro atoms. The normalized spacial score (nSPS) is 17.0. The molecular formula is C21H26ClN3O3. The molecule has 0 saturated carbocycles.